The number of hydrogen-bond acceptors (Lipinski definition) is 6. The van der Waals surface area contributed by atoms with Crippen molar-refractivity contribution in [1.82, 2.24) is 9.78 Å². The van der Waals surface area contributed by atoms with Gasteiger partial charge in [0.25, 0.3) is 5.91 Å². The summed E-state index contributed by atoms with van der Waals surface area (Å²) in [6, 6.07) is 14.2. The predicted molar refractivity (Wildman–Crippen MR) is 102 cm³/mol. The lowest BCUT2D eigenvalue weighted by Crippen LogP contribution is -2.21. The van der Waals surface area contributed by atoms with E-state index in [1.165, 1.54) is 18.2 Å². The Kier molecular flexibility index (Phi) is 5.55. The molecule has 0 saturated heterocycles. The lowest BCUT2D eigenvalue weighted by molar-refractivity contribution is -0.119. The van der Waals surface area contributed by atoms with Crippen LogP contribution in [0.4, 0.5) is 5.69 Å². The second kappa shape index (κ2) is 8.05. The first kappa shape index (κ1) is 19.3. The van der Waals surface area contributed by atoms with Gasteiger partial charge in [0.05, 0.1) is 16.1 Å². The molecule has 0 unspecified atom stereocenters. The van der Waals surface area contributed by atoms with Crippen LogP contribution in [0.15, 0.2) is 71.9 Å². The Morgan fingerprint density at radius 3 is 2.50 bits per heavy atom. The van der Waals surface area contributed by atoms with Crippen LogP contribution in [-0.4, -0.2) is 42.9 Å². The van der Waals surface area contributed by atoms with Gasteiger partial charge >= 0.3 is 5.97 Å². The molecule has 0 fully saturated rings. The molecule has 28 heavy (non-hydrogen) atoms. The minimum Gasteiger partial charge on any atom is -0.452 e. The molecule has 9 heteroatoms. The number of hydrogen-bond donors (Lipinski definition) is 1. The summed E-state index contributed by atoms with van der Waals surface area (Å²) in [5.41, 5.74) is 1.38. The smallest absolute Gasteiger partial charge is 0.338 e. The summed E-state index contributed by atoms with van der Waals surface area (Å²) in [6.45, 7) is -0.497. The van der Waals surface area contributed by atoms with Gasteiger partial charge in [-0.1, -0.05) is 6.07 Å². The van der Waals surface area contributed by atoms with E-state index in [2.05, 4.69) is 10.4 Å². The Labute approximate surface area is 161 Å². The average molecular weight is 399 g/mol. The van der Waals surface area contributed by atoms with Crippen molar-refractivity contribution >= 4 is 27.4 Å². The third-order valence-corrected chi connectivity index (χ3v) is 4.86. The number of nitrogens with one attached hydrogen (secondary N) is 1. The second-order valence-corrected chi connectivity index (χ2v) is 7.94. The van der Waals surface area contributed by atoms with Crippen LogP contribution in [-0.2, 0) is 19.4 Å². The zero-order chi connectivity index (χ0) is 20.1. The number of amides is 1. The van der Waals surface area contributed by atoms with Gasteiger partial charge in [0.1, 0.15) is 0 Å². The third-order valence-electron chi connectivity index (χ3n) is 3.75. The molecule has 1 heterocycles. The van der Waals surface area contributed by atoms with E-state index in [9.17, 15) is 18.0 Å². The first-order valence-electron chi connectivity index (χ1n) is 8.20. The Bertz CT molecular complexity index is 1090. The zero-order valence-electron chi connectivity index (χ0n) is 14.9. The molecular formula is C19H17N3O5S. The van der Waals surface area contributed by atoms with Gasteiger partial charge in [-0.05, 0) is 48.5 Å². The zero-order valence-corrected chi connectivity index (χ0v) is 15.7. The predicted octanol–water partition coefficient (Wildman–Crippen LogP) is 2.07. The Morgan fingerprint density at radius 1 is 1.11 bits per heavy atom. The van der Waals surface area contributed by atoms with Crippen LogP contribution >= 0.6 is 0 Å². The minimum atomic E-state index is -3.39. The highest BCUT2D eigenvalue weighted by molar-refractivity contribution is 7.90. The van der Waals surface area contributed by atoms with Crippen molar-refractivity contribution in [3.8, 4) is 5.69 Å². The normalized spacial score (nSPS) is 11.0. The molecule has 0 aliphatic carbocycles. The van der Waals surface area contributed by atoms with Gasteiger partial charge in [0, 0.05) is 24.3 Å². The topological polar surface area (TPSA) is 107 Å². The van der Waals surface area contributed by atoms with Crippen molar-refractivity contribution in [2.24, 2.45) is 0 Å². The van der Waals surface area contributed by atoms with Crippen molar-refractivity contribution < 1.29 is 22.7 Å². The summed E-state index contributed by atoms with van der Waals surface area (Å²) in [5, 5.41) is 6.59. The van der Waals surface area contributed by atoms with Gasteiger partial charge in [-0.25, -0.2) is 17.9 Å². The number of anilines is 1. The number of aromatic nitrogens is 2. The van der Waals surface area contributed by atoms with Crippen LogP contribution in [0, 0.1) is 0 Å². The van der Waals surface area contributed by atoms with Crippen molar-refractivity contribution in [3.63, 3.8) is 0 Å². The maximum absolute atomic E-state index is 12.1. The SMILES string of the molecule is CS(=O)(=O)c1cccc(NC(=O)COC(=O)c2ccc(-n3cccn3)cc2)c1. The highest BCUT2D eigenvalue weighted by Crippen LogP contribution is 2.15. The highest BCUT2D eigenvalue weighted by Gasteiger charge is 2.12. The van der Waals surface area contributed by atoms with Gasteiger partial charge in [0.15, 0.2) is 16.4 Å². The standard InChI is InChI=1S/C19H17N3O5S/c1-28(25,26)17-5-2-4-15(12-17)21-18(23)13-27-19(24)14-6-8-16(9-7-14)22-11-3-10-20-22/h2-12H,13H2,1H3,(H,21,23). The number of esters is 1. The number of sulfone groups is 1. The largest absolute Gasteiger partial charge is 0.452 e. The van der Waals surface area contributed by atoms with Gasteiger partial charge < -0.3 is 10.1 Å². The molecule has 0 atom stereocenters. The van der Waals surface area contributed by atoms with Gasteiger partial charge in [0.2, 0.25) is 0 Å². The Morgan fingerprint density at radius 2 is 1.86 bits per heavy atom. The molecule has 8 nitrogen and oxygen atoms in total. The number of carbonyl (C=O) groups is 2. The monoisotopic (exact) mass is 399 g/mol. The van der Waals surface area contributed by atoms with E-state index in [1.807, 2.05) is 0 Å². The molecule has 3 rings (SSSR count). The molecule has 1 aromatic heterocycles. The van der Waals surface area contributed by atoms with E-state index in [-0.39, 0.29) is 4.90 Å². The number of benzene rings is 2. The van der Waals surface area contributed by atoms with Crippen molar-refractivity contribution in [3.05, 3.63) is 72.6 Å². The first-order chi connectivity index (χ1) is 13.3. The molecular weight excluding hydrogens is 382 g/mol. The van der Waals surface area contributed by atoms with Crippen LogP contribution in [0.1, 0.15) is 10.4 Å². The highest BCUT2D eigenvalue weighted by atomic mass is 32.2. The molecule has 1 amide bonds. The van der Waals surface area contributed by atoms with E-state index in [1.54, 1.807) is 53.5 Å². The van der Waals surface area contributed by atoms with E-state index in [0.29, 0.717) is 11.3 Å². The average Bonchev–Trinajstić information content (AvgIpc) is 3.20. The minimum absolute atomic E-state index is 0.0829. The summed E-state index contributed by atoms with van der Waals surface area (Å²) >= 11 is 0. The van der Waals surface area contributed by atoms with Crippen LogP contribution < -0.4 is 5.32 Å². The lowest BCUT2D eigenvalue weighted by Gasteiger charge is -2.08. The molecule has 144 valence electrons. The molecule has 2 aromatic carbocycles. The van der Waals surface area contributed by atoms with Gasteiger partial charge in [-0.15, -0.1) is 0 Å². The van der Waals surface area contributed by atoms with Gasteiger partial charge in [-0.2, -0.15) is 5.10 Å². The second-order valence-electron chi connectivity index (χ2n) is 5.92. The fourth-order valence-corrected chi connectivity index (χ4v) is 3.05. The van der Waals surface area contributed by atoms with E-state index in [0.717, 1.165) is 11.9 Å². The molecule has 0 aliphatic heterocycles. The summed E-state index contributed by atoms with van der Waals surface area (Å²) < 4.78 is 29.8. The molecule has 0 spiro atoms. The van der Waals surface area contributed by atoms with Crippen LogP contribution in [0.5, 0.6) is 0 Å². The summed E-state index contributed by atoms with van der Waals surface area (Å²) in [7, 11) is -3.39. The quantitative estimate of drug-likeness (QED) is 0.636. The Balaban J connectivity index is 1.56. The van der Waals surface area contributed by atoms with E-state index < -0.39 is 28.3 Å². The fraction of sp³-hybridized carbons (Fsp3) is 0.105. The molecule has 0 radical (unpaired) electrons. The van der Waals surface area contributed by atoms with Crippen LogP contribution in [0.2, 0.25) is 0 Å². The fourth-order valence-electron chi connectivity index (χ4n) is 2.39. The summed E-state index contributed by atoms with van der Waals surface area (Å²) in [6.07, 6.45) is 4.50. The number of carbonyl (C=O) groups excluding carboxylic acids is 2. The number of nitrogens with zero attached hydrogens (tertiary/aromatic N) is 2. The maximum Gasteiger partial charge on any atom is 0.338 e. The molecule has 3 aromatic rings. The molecule has 0 bridgehead atoms. The molecule has 0 aliphatic rings. The third kappa shape index (κ3) is 4.83. The van der Waals surface area contributed by atoms with E-state index >= 15 is 0 Å². The molecule has 1 N–H and O–H groups in total. The van der Waals surface area contributed by atoms with Crippen molar-refractivity contribution in [1.29, 1.82) is 0 Å². The van der Waals surface area contributed by atoms with Crippen LogP contribution in [0.25, 0.3) is 5.69 Å². The first-order valence-corrected chi connectivity index (χ1v) is 10.1. The van der Waals surface area contributed by atoms with Crippen molar-refractivity contribution in [2.45, 2.75) is 4.90 Å². The number of ether oxygens (including phenoxy) is 1. The van der Waals surface area contributed by atoms with E-state index in [4.69, 9.17) is 4.74 Å². The summed E-state index contributed by atoms with van der Waals surface area (Å²) in [5.74, 6) is -1.22. The lowest BCUT2D eigenvalue weighted by atomic mass is 10.2. The number of rotatable bonds is 6. The van der Waals surface area contributed by atoms with Gasteiger partial charge in [-0.3, -0.25) is 4.79 Å². The summed E-state index contributed by atoms with van der Waals surface area (Å²) in [4.78, 5) is 24.1. The maximum atomic E-state index is 12.1. The molecule has 0 saturated carbocycles. The van der Waals surface area contributed by atoms with Crippen LogP contribution in [0.3, 0.4) is 0 Å². The van der Waals surface area contributed by atoms with Crippen molar-refractivity contribution in [2.75, 3.05) is 18.2 Å². The Hall–Kier alpha value is -3.46.